The van der Waals surface area contributed by atoms with Crippen molar-refractivity contribution in [1.82, 2.24) is 29.4 Å². The molecule has 9 aromatic carbocycles. The summed E-state index contributed by atoms with van der Waals surface area (Å²) >= 11 is 24.3. The largest absolute Gasteiger partial charge is 0.419 e. The molecule has 0 bridgehead atoms. The Bertz CT molecular complexity index is 5030. The van der Waals surface area contributed by atoms with Gasteiger partial charge in [-0.25, -0.2) is 4.39 Å². The monoisotopic (exact) mass is 1650 g/mol. The lowest BCUT2D eigenvalue weighted by Crippen LogP contribution is -2.50. The fraction of sp³-hybridized carbons (Fsp3) is 0.292. The van der Waals surface area contributed by atoms with E-state index in [1.807, 2.05) is 131 Å². The van der Waals surface area contributed by atoms with Gasteiger partial charge >= 0.3 is 6.18 Å². The van der Waals surface area contributed by atoms with E-state index in [0.717, 1.165) is 108 Å². The van der Waals surface area contributed by atoms with E-state index in [2.05, 4.69) is 39.1 Å². The number of hydrogen-bond donors (Lipinski definition) is 4. The van der Waals surface area contributed by atoms with Crippen molar-refractivity contribution in [2.45, 2.75) is 83.2 Å². The van der Waals surface area contributed by atoms with Crippen molar-refractivity contribution in [3.63, 3.8) is 0 Å². The number of β-amino-alcohol motifs (C(OH)–C–C–N with tert-alkyl or cyclic N) is 1. The number of nitrogens with one attached hydrogen (secondary N) is 3. The first-order chi connectivity index (χ1) is 55.7. The number of piperidine rings is 1. The highest BCUT2D eigenvalue weighted by Crippen LogP contribution is 2.34. The zero-order chi connectivity index (χ0) is 82.8. The summed E-state index contributed by atoms with van der Waals surface area (Å²) in [6.07, 6.45) is 1.67. The van der Waals surface area contributed by atoms with Crippen LogP contribution in [-0.2, 0) is 54.3 Å². The predicted octanol–water partition coefficient (Wildman–Crippen LogP) is 16.5. The maximum atomic E-state index is 13.6. The second-order valence-corrected chi connectivity index (χ2v) is 30.3. The molecule has 3 heterocycles. The number of nitriles is 3. The van der Waals surface area contributed by atoms with Gasteiger partial charge in [0.15, 0.2) is 0 Å². The summed E-state index contributed by atoms with van der Waals surface area (Å²) in [5.74, 6) is -3.31. The minimum absolute atomic E-state index is 0.0615. The molecule has 3 aliphatic heterocycles. The maximum Gasteiger partial charge on any atom is 0.419 e. The van der Waals surface area contributed by atoms with E-state index in [1.54, 1.807) is 72.5 Å². The van der Waals surface area contributed by atoms with Crippen LogP contribution in [0, 0.1) is 39.8 Å². The minimum Gasteiger partial charge on any atom is -0.392 e. The average Bonchev–Trinajstić information content (AvgIpc) is 0.855. The fourth-order valence-electron chi connectivity index (χ4n) is 13.7. The van der Waals surface area contributed by atoms with Crippen LogP contribution in [0.2, 0.25) is 20.1 Å². The zero-order valence-electron chi connectivity index (χ0n) is 63.7. The number of likely N-dealkylation sites (tertiary alicyclic amines) is 3. The Morgan fingerprint density at radius 1 is 0.474 bits per heavy atom. The molecular weight excluding hydrogens is 1570 g/mol. The summed E-state index contributed by atoms with van der Waals surface area (Å²) in [7, 11) is 0. The highest BCUT2D eigenvalue weighted by Gasteiger charge is 2.35. The number of hydrogen-bond acceptors (Lipinski definition) is 13. The number of amides is 6. The molecule has 0 radical (unpaired) electrons. The van der Waals surface area contributed by atoms with Gasteiger partial charge in [-0.2, -0.15) is 29.0 Å². The normalized spacial score (nSPS) is 14.4. The first-order valence-electron chi connectivity index (χ1n) is 37.9. The van der Waals surface area contributed by atoms with Gasteiger partial charge in [0.1, 0.15) is 18.4 Å². The Kier molecular flexibility index (Phi) is 32.1. The Balaban J connectivity index is 0.000000184. The summed E-state index contributed by atoms with van der Waals surface area (Å²) in [6.45, 7) is 7.10. The van der Waals surface area contributed by atoms with Crippen LogP contribution in [-0.4, -0.2) is 167 Å². The molecule has 0 aromatic heterocycles. The molecule has 0 spiro atoms. The van der Waals surface area contributed by atoms with Gasteiger partial charge in [0.05, 0.1) is 72.7 Å². The van der Waals surface area contributed by atoms with Gasteiger partial charge in [-0.1, -0.05) is 162 Å². The molecule has 116 heavy (non-hydrogen) atoms. The Morgan fingerprint density at radius 2 is 0.888 bits per heavy atom. The van der Waals surface area contributed by atoms with Gasteiger partial charge in [0, 0.05) is 69.9 Å². The first-order valence-corrected chi connectivity index (χ1v) is 39.4. The molecule has 0 aliphatic carbocycles. The maximum absolute atomic E-state index is 13.6. The third kappa shape index (κ3) is 26.8. The smallest absolute Gasteiger partial charge is 0.392 e. The van der Waals surface area contributed by atoms with Crippen molar-refractivity contribution >= 4 is 98.9 Å². The SMILES string of the molecule is CC(C(=O)Nc1cc(Cl)cc(Cl)c1)N(CCc1ccc(-c2cccc(C#N)c2)cc1)C(=O)CN1CCCCC1.N#Cc1cccc(-c2ccc(CCN(CC(=O)Nc3ccc(F)c(C(F)(F)F)c3)C(=O)CN3CCCC3)cc2)c1.N#Cc1cccc(-c2ccc(CN(CC(=O)Nc3cc(Cl)cc(Cl)c3)C(=O)CN3CC[C@H](O)C3)cc2)c1. The molecule has 0 saturated carbocycles. The van der Waals surface area contributed by atoms with Gasteiger partial charge in [0.2, 0.25) is 35.4 Å². The highest BCUT2D eigenvalue weighted by molar-refractivity contribution is 6.35. The highest BCUT2D eigenvalue weighted by atomic mass is 35.5. The number of rotatable bonds is 26. The van der Waals surface area contributed by atoms with Crippen molar-refractivity contribution in [3.8, 4) is 51.6 Å². The number of anilines is 3. The van der Waals surface area contributed by atoms with E-state index in [4.69, 9.17) is 56.9 Å². The van der Waals surface area contributed by atoms with Crippen molar-refractivity contribution in [2.24, 2.45) is 0 Å². The van der Waals surface area contributed by atoms with Crippen molar-refractivity contribution < 1.29 is 51.4 Å². The average molecular weight is 1650 g/mol. The van der Waals surface area contributed by atoms with E-state index in [1.165, 1.54) is 16.2 Å². The summed E-state index contributed by atoms with van der Waals surface area (Å²) in [5.41, 5.74) is 9.53. The zero-order valence-corrected chi connectivity index (χ0v) is 66.7. The molecule has 4 N–H and O–H groups in total. The van der Waals surface area contributed by atoms with E-state index >= 15 is 0 Å². The lowest BCUT2D eigenvalue weighted by atomic mass is 10.0. The van der Waals surface area contributed by atoms with E-state index in [9.17, 15) is 56.7 Å². The molecule has 6 amide bonds. The Labute approximate surface area is 692 Å². The number of halogens is 8. The van der Waals surface area contributed by atoms with Crippen molar-refractivity contribution in [1.29, 1.82) is 15.8 Å². The topological polar surface area (TPSA) is 250 Å². The van der Waals surface area contributed by atoms with Crippen LogP contribution < -0.4 is 16.0 Å². The first kappa shape index (κ1) is 87.4. The van der Waals surface area contributed by atoms with Crippen LogP contribution in [0.4, 0.5) is 34.6 Å². The van der Waals surface area contributed by atoms with Gasteiger partial charge in [-0.05, 0) is 219 Å². The van der Waals surface area contributed by atoms with Crippen LogP contribution in [0.25, 0.3) is 33.4 Å². The van der Waals surface area contributed by atoms with Crippen molar-refractivity contribution in [2.75, 3.05) is 101 Å². The fourth-order valence-corrected chi connectivity index (χ4v) is 14.8. The molecule has 3 fully saturated rings. The molecule has 600 valence electrons. The lowest BCUT2D eigenvalue weighted by Gasteiger charge is -2.32. The Hall–Kier alpha value is -11.0. The summed E-state index contributed by atoms with van der Waals surface area (Å²) in [6, 6.07) is 63.1. The molecule has 1 unspecified atom stereocenters. The molecule has 2 atom stereocenters. The Morgan fingerprint density at radius 3 is 1.34 bits per heavy atom. The van der Waals surface area contributed by atoms with Crippen LogP contribution in [0.5, 0.6) is 0 Å². The third-order valence-corrected chi connectivity index (χ3v) is 20.7. The predicted molar refractivity (Wildman–Crippen MR) is 444 cm³/mol. The molecule has 3 aliphatic rings. The summed E-state index contributed by atoms with van der Waals surface area (Å²) in [4.78, 5) is 89.3. The second-order valence-electron chi connectivity index (χ2n) is 28.6. The van der Waals surface area contributed by atoms with Crippen LogP contribution in [0.1, 0.15) is 84.4 Å². The third-order valence-electron chi connectivity index (χ3n) is 19.9. The summed E-state index contributed by atoms with van der Waals surface area (Å²) < 4.78 is 52.8. The quantitative estimate of drug-likeness (QED) is 0.0369. The van der Waals surface area contributed by atoms with E-state index in [-0.39, 0.29) is 74.5 Å². The molecular formula is C89H86Cl4F4N12O7. The number of nitrogens with zero attached hydrogens (tertiary/aromatic N) is 9. The molecule has 3 saturated heterocycles. The number of carbonyl (C=O) groups excluding carboxylic acids is 6. The standard InChI is InChI=1S/C31H32Cl2N4O2.C30H28F4N4O2.C28H26Cl2N4O3/c1-22(31(39)35-29-18-27(32)17-28(33)19-29)37(30(38)21-36-13-3-2-4-14-36)15-12-23-8-10-25(11-9-23)26-7-5-6-24(16-26)20-34;31-27-11-10-25(17-26(27)30(32,33)34)36-28(39)19-38(29(40)20-37-13-1-2-14-37)15-12-21-6-8-23(9-7-21)24-5-3-4-22(16-24)18-35;29-23-11-24(30)13-25(12-23)32-27(36)17-34(28(37)18-33-9-8-26(35)16-33)15-19-4-6-21(7-5-19)22-3-1-2-20(10-22)14-31/h5-11,16-19,22H,2-4,12-15,21H2,1H3,(H,35,39);3-11,16-17H,1-2,12-15,19-20H2,(H,36,39);1-7,10-13,26,35H,8-9,15-18H2,(H,32,36)/t;;26-/m..0/s1. The molecule has 9 aromatic rings. The number of alkyl halides is 3. The van der Waals surface area contributed by atoms with Gasteiger partial charge in [0.25, 0.3) is 0 Å². The number of aliphatic hydroxyl groups is 1. The number of aliphatic hydroxyl groups excluding tert-OH is 1. The van der Waals surface area contributed by atoms with Crippen LogP contribution >= 0.6 is 46.4 Å². The second kappa shape index (κ2) is 42.6. The molecule has 27 heteroatoms. The minimum atomic E-state index is -4.91. The lowest BCUT2D eigenvalue weighted by molar-refractivity contribution is -0.140. The summed E-state index contributed by atoms with van der Waals surface area (Å²) in [5, 5.41) is 46.9. The van der Waals surface area contributed by atoms with Gasteiger partial charge in [-0.3, -0.25) is 43.5 Å². The van der Waals surface area contributed by atoms with Crippen LogP contribution in [0.3, 0.4) is 0 Å². The van der Waals surface area contributed by atoms with E-state index < -0.39 is 35.6 Å². The molecule has 19 nitrogen and oxygen atoms in total. The van der Waals surface area contributed by atoms with Gasteiger partial charge in [-0.15, -0.1) is 0 Å². The molecule has 12 rings (SSSR count). The van der Waals surface area contributed by atoms with Gasteiger partial charge < -0.3 is 35.8 Å². The number of benzene rings is 9. The van der Waals surface area contributed by atoms with E-state index in [0.29, 0.717) is 106 Å². The van der Waals surface area contributed by atoms with Crippen molar-refractivity contribution in [3.05, 3.63) is 265 Å². The van der Waals surface area contributed by atoms with Crippen LogP contribution in [0.15, 0.2) is 200 Å². The number of carbonyl (C=O) groups is 6.